The summed E-state index contributed by atoms with van der Waals surface area (Å²) in [6, 6.07) is 7.72. The average molecular weight is 481 g/mol. The first-order chi connectivity index (χ1) is 16.6. The molecule has 3 N–H and O–H groups in total. The monoisotopic (exact) mass is 480 g/mol. The largest absolute Gasteiger partial charge is 0.396 e. The molecule has 3 heterocycles. The maximum atomic E-state index is 15.0. The van der Waals surface area contributed by atoms with Crippen molar-refractivity contribution in [2.75, 3.05) is 12.3 Å². The van der Waals surface area contributed by atoms with Crippen molar-refractivity contribution in [2.45, 2.75) is 38.5 Å². The van der Waals surface area contributed by atoms with Gasteiger partial charge < -0.3 is 10.8 Å². The predicted molar refractivity (Wildman–Crippen MR) is 134 cm³/mol. The molecule has 0 saturated carbocycles. The summed E-state index contributed by atoms with van der Waals surface area (Å²) in [6.07, 6.45) is 12.4. The summed E-state index contributed by atoms with van der Waals surface area (Å²) in [6.45, 7) is 0.187. The second-order valence-electron chi connectivity index (χ2n) is 7.97. The Morgan fingerprint density at radius 2 is 1.94 bits per heavy atom. The molecule has 4 rings (SSSR count). The molecule has 0 radical (unpaired) electrons. The van der Waals surface area contributed by atoms with Crippen molar-refractivity contribution in [1.82, 2.24) is 9.97 Å². The molecule has 0 amide bonds. The predicted octanol–water partition coefficient (Wildman–Crippen LogP) is 6.31. The van der Waals surface area contributed by atoms with Crippen molar-refractivity contribution in [3.8, 4) is 22.0 Å². The summed E-state index contributed by atoms with van der Waals surface area (Å²) in [5, 5.41) is 9.59. The highest BCUT2D eigenvalue weighted by Crippen LogP contribution is 2.37. The highest BCUT2D eigenvalue weighted by atomic mass is 32.1. The van der Waals surface area contributed by atoms with Gasteiger partial charge in [-0.2, -0.15) is 0 Å². The molecule has 2 aromatic heterocycles. The number of hydrogen-bond donors (Lipinski definition) is 2. The standard InChI is InChI=1S/C26H26F2N4OS/c27-17-13-14-22(30-16-17)26-32-24(19-10-7-11-20(29)23(19)28)25(34-26)21-12-5-1-3-8-18(31-21)9-4-2-6-15-33/h5,7-8,10-14,16,33H,1-4,6,9,15,29H2/b12-5?,18-8-,31-21?. The lowest BCUT2D eigenvalue weighted by Gasteiger charge is -2.10. The van der Waals surface area contributed by atoms with E-state index in [0.29, 0.717) is 27.0 Å². The third-order valence-electron chi connectivity index (χ3n) is 5.43. The molecule has 0 atom stereocenters. The number of rotatable bonds is 8. The number of unbranched alkanes of at least 4 members (excludes halogenated alkanes) is 2. The van der Waals surface area contributed by atoms with Crippen LogP contribution in [0.15, 0.2) is 65.4 Å². The minimum absolute atomic E-state index is 0.0394. The number of aliphatic imine (C=N–C) groups is 1. The van der Waals surface area contributed by atoms with Crippen LogP contribution in [0.1, 0.15) is 43.4 Å². The Bertz CT molecular complexity index is 1230. The number of nitrogen functional groups attached to an aromatic ring is 1. The van der Waals surface area contributed by atoms with Crippen LogP contribution in [-0.2, 0) is 0 Å². The molecule has 176 valence electrons. The van der Waals surface area contributed by atoms with Crippen LogP contribution in [0, 0.1) is 11.6 Å². The minimum Gasteiger partial charge on any atom is -0.396 e. The highest BCUT2D eigenvalue weighted by molar-refractivity contribution is 7.17. The van der Waals surface area contributed by atoms with Gasteiger partial charge in [0.2, 0.25) is 0 Å². The van der Waals surface area contributed by atoms with Crippen molar-refractivity contribution in [1.29, 1.82) is 0 Å². The zero-order valence-corrected chi connectivity index (χ0v) is 19.5. The molecule has 8 heteroatoms. The Hall–Kier alpha value is -3.23. The number of thiazole rings is 1. The van der Waals surface area contributed by atoms with E-state index in [1.807, 2.05) is 12.2 Å². The quantitative estimate of drug-likeness (QED) is 0.292. The Balaban J connectivity index is 1.81. The van der Waals surface area contributed by atoms with Gasteiger partial charge in [0.25, 0.3) is 0 Å². The van der Waals surface area contributed by atoms with Crippen LogP contribution in [0.2, 0.25) is 0 Å². The van der Waals surface area contributed by atoms with Crippen molar-refractivity contribution >= 4 is 22.7 Å². The third kappa shape index (κ3) is 5.63. The number of aromatic nitrogens is 2. The molecule has 1 aliphatic heterocycles. The Kier molecular flexibility index (Phi) is 7.92. The zero-order valence-electron chi connectivity index (χ0n) is 18.7. The first-order valence-corrected chi connectivity index (χ1v) is 12.1. The number of benzene rings is 1. The molecule has 0 bridgehead atoms. The van der Waals surface area contributed by atoms with Gasteiger partial charge in [-0.1, -0.05) is 24.6 Å². The number of pyridine rings is 1. The number of allylic oxidation sites excluding steroid dienone is 4. The second-order valence-corrected chi connectivity index (χ2v) is 8.97. The lowest BCUT2D eigenvalue weighted by atomic mass is 10.1. The molecule has 34 heavy (non-hydrogen) atoms. The van der Waals surface area contributed by atoms with Crippen LogP contribution in [0.25, 0.3) is 22.0 Å². The summed E-state index contributed by atoms with van der Waals surface area (Å²) < 4.78 is 28.5. The van der Waals surface area contributed by atoms with Crippen LogP contribution < -0.4 is 5.73 Å². The first-order valence-electron chi connectivity index (χ1n) is 11.3. The molecule has 3 aromatic rings. The number of nitrogens with zero attached hydrogens (tertiary/aromatic N) is 3. The highest BCUT2D eigenvalue weighted by Gasteiger charge is 2.22. The number of aliphatic hydroxyl groups is 1. The van der Waals surface area contributed by atoms with E-state index in [2.05, 4.69) is 11.1 Å². The van der Waals surface area contributed by atoms with Gasteiger partial charge in [-0.05, 0) is 62.4 Å². The summed E-state index contributed by atoms with van der Waals surface area (Å²) >= 11 is 1.34. The fourth-order valence-corrected chi connectivity index (χ4v) is 4.70. The van der Waals surface area contributed by atoms with Gasteiger partial charge in [0.15, 0.2) is 5.82 Å². The van der Waals surface area contributed by atoms with Crippen LogP contribution in [0.5, 0.6) is 0 Å². The Morgan fingerprint density at radius 1 is 1.06 bits per heavy atom. The van der Waals surface area contributed by atoms with E-state index >= 15 is 4.39 Å². The normalized spacial score (nSPS) is 15.4. The molecule has 0 fully saturated rings. The second kappa shape index (κ2) is 11.3. The molecule has 0 spiro atoms. The van der Waals surface area contributed by atoms with Gasteiger partial charge in [0.1, 0.15) is 10.8 Å². The number of anilines is 1. The summed E-state index contributed by atoms with van der Waals surface area (Å²) in [5.41, 5.74) is 8.75. The van der Waals surface area contributed by atoms with E-state index in [1.54, 1.807) is 18.2 Å². The number of hydrogen-bond acceptors (Lipinski definition) is 6. The molecule has 5 nitrogen and oxygen atoms in total. The molecule has 0 unspecified atom stereocenters. The van der Waals surface area contributed by atoms with Crippen molar-refractivity contribution in [3.05, 3.63) is 77.0 Å². The average Bonchev–Trinajstić information content (AvgIpc) is 3.25. The van der Waals surface area contributed by atoms with Crippen LogP contribution in [0.4, 0.5) is 14.5 Å². The van der Waals surface area contributed by atoms with Crippen molar-refractivity contribution in [2.24, 2.45) is 4.99 Å². The number of halogens is 2. The molecule has 1 aliphatic rings. The Morgan fingerprint density at radius 3 is 2.74 bits per heavy atom. The SMILES string of the molecule is Nc1cccc(-c2nc(-c3ccc(F)cn3)sc2C2=N/C(CCCCCO)=C\CCC=C2)c1F. The molecular weight excluding hydrogens is 454 g/mol. The molecule has 0 saturated heterocycles. The van der Waals surface area contributed by atoms with Gasteiger partial charge in [0, 0.05) is 17.9 Å². The van der Waals surface area contributed by atoms with Crippen LogP contribution in [-0.4, -0.2) is 27.4 Å². The lowest BCUT2D eigenvalue weighted by molar-refractivity contribution is 0.283. The van der Waals surface area contributed by atoms with Crippen molar-refractivity contribution in [3.63, 3.8) is 0 Å². The van der Waals surface area contributed by atoms with E-state index in [-0.39, 0.29) is 17.9 Å². The van der Waals surface area contributed by atoms with E-state index in [9.17, 15) is 4.39 Å². The van der Waals surface area contributed by atoms with E-state index in [4.69, 9.17) is 20.8 Å². The lowest BCUT2D eigenvalue weighted by Crippen LogP contribution is -2.02. The Labute approximate surface area is 201 Å². The third-order valence-corrected chi connectivity index (χ3v) is 6.53. The minimum atomic E-state index is -0.539. The number of nitrogens with two attached hydrogens (primary N) is 1. The van der Waals surface area contributed by atoms with Gasteiger partial charge in [0.05, 0.1) is 33.9 Å². The fraction of sp³-hybridized carbons (Fsp3) is 0.269. The zero-order chi connectivity index (χ0) is 23.9. The van der Waals surface area contributed by atoms with Crippen LogP contribution >= 0.6 is 11.3 Å². The van der Waals surface area contributed by atoms with Gasteiger partial charge in [-0.25, -0.2) is 13.8 Å². The fourth-order valence-electron chi connectivity index (χ4n) is 3.68. The smallest absolute Gasteiger partial charge is 0.155 e. The maximum absolute atomic E-state index is 15.0. The topological polar surface area (TPSA) is 84.4 Å². The van der Waals surface area contributed by atoms with Crippen LogP contribution in [0.3, 0.4) is 0 Å². The first kappa shape index (κ1) is 23.9. The summed E-state index contributed by atoms with van der Waals surface area (Å²) in [4.78, 5) is 14.5. The van der Waals surface area contributed by atoms with Gasteiger partial charge in [-0.3, -0.25) is 9.98 Å². The van der Waals surface area contributed by atoms with E-state index in [1.165, 1.54) is 23.5 Å². The van der Waals surface area contributed by atoms with E-state index in [0.717, 1.165) is 50.4 Å². The molecular formula is C26H26F2N4OS. The van der Waals surface area contributed by atoms with E-state index < -0.39 is 11.6 Å². The molecule has 1 aromatic carbocycles. The van der Waals surface area contributed by atoms with Gasteiger partial charge in [-0.15, -0.1) is 11.3 Å². The maximum Gasteiger partial charge on any atom is 0.155 e. The summed E-state index contributed by atoms with van der Waals surface area (Å²) in [7, 11) is 0. The molecule has 0 aliphatic carbocycles. The number of aliphatic hydroxyl groups excluding tert-OH is 1. The van der Waals surface area contributed by atoms with Gasteiger partial charge >= 0.3 is 0 Å². The summed E-state index contributed by atoms with van der Waals surface area (Å²) in [5.74, 6) is -0.978. The van der Waals surface area contributed by atoms with Crippen molar-refractivity contribution < 1.29 is 13.9 Å².